The summed E-state index contributed by atoms with van der Waals surface area (Å²) in [5.74, 6) is 0.986. The number of ether oxygens (including phenoxy) is 1. The number of aliphatic hydroxyl groups is 1. The Morgan fingerprint density at radius 1 is 0.958 bits per heavy atom. The van der Waals surface area contributed by atoms with Crippen LogP contribution in [0.2, 0.25) is 0 Å². The minimum absolute atomic E-state index is 0.112. The second-order valence-electron chi connectivity index (χ2n) is 7.26. The largest absolute Gasteiger partial charge is 0.492 e. The average molecular weight is 332 g/mol. The van der Waals surface area contributed by atoms with Crippen LogP contribution in [0.3, 0.4) is 0 Å². The summed E-state index contributed by atoms with van der Waals surface area (Å²) in [5.41, 5.74) is 1.31. The molecule has 0 aliphatic carbocycles. The lowest BCUT2D eigenvalue weighted by Gasteiger charge is -2.26. The number of hydrogen-bond donors (Lipinski definition) is 1. The maximum absolute atomic E-state index is 9.77. The molecule has 1 aromatic rings. The van der Waals surface area contributed by atoms with Crippen LogP contribution in [0, 0.1) is 0 Å². The van der Waals surface area contributed by atoms with E-state index < -0.39 is 0 Å². The zero-order valence-electron chi connectivity index (χ0n) is 14.8. The van der Waals surface area contributed by atoms with Gasteiger partial charge in [0.1, 0.15) is 12.4 Å². The van der Waals surface area contributed by atoms with Crippen LogP contribution >= 0.6 is 0 Å². The Labute approximate surface area is 146 Å². The molecule has 2 fully saturated rings. The van der Waals surface area contributed by atoms with Gasteiger partial charge >= 0.3 is 0 Å². The van der Waals surface area contributed by atoms with Crippen molar-refractivity contribution in [2.75, 3.05) is 39.3 Å². The summed E-state index contributed by atoms with van der Waals surface area (Å²) < 4.78 is 5.98. The van der Waals surface area contributed by atoms with E-state index in [1.54, 1.807) is 0 Å². The second-order valence-corrected chi connectivity index (χ2v) is 7.26. The van der Waals surface area contributed by atoms with Gasteiger partial charge in [0.25, 0.3) is 0 Å². The van der Waals surface area contributed by atoms with Crippen molar-refractivity contribution >= 4 is 0 Å². The lowest BCUT2D eigenvalue weighted by molar-refractivity contribution is 0.154. The second kappa shape index (κ2) is 9.40. The molecule has 0 amide bonds. The third kappa shape index (κ3) is 5.76. The van der Waals surface area contributed by atoms with Crippen molar-refractivity contribution < 1.29 is 9.84 Å². The van der Waals surface area contributed by atoms with E-state index >= 15 is 0 Å². The van der Waals surface area contributed by atoms with E-state index in [0.717, 1.165) is 57.8 Å². The van der Waals surface area contributed by atoms with Gasteiger partial charge in [-0.3, -0.25) is 9.80 Å². The number of aliphatic hydroxyl groups excluding tert-OH is 1. The van der Waals surface area contributed by atoms with Crippen molar-refractivity contribution in [2.24, 2.45) is 0 Å². The van der Waals surface area contributed by atoms with Crippen LogP contribution in [-0.4, -0.2) is 60.3 Å². The number of piperidine rings is 1. The number of nitrogens with zero attached hydrogens (tertiary/aromatic N) is 2. The molecule has 134 valence electrons. The topological polar surface area (TPSA) is 35.9 Å². The van der Waals surface area contributed by atoms with Gasteiger partial charge in [0.15, 0.2) is 0 Å². The van der Waals surface area contributed by atoms with Crippen LogP contribution in [0.25, 0.3) is 0 Å². The standard InChI is InChI=1S/C20H32N2O2/c23-19-7-5-12-22(13-9-19)17-18-6-4-8-20(16-18)24-15-14-21-10-2-1-3-11-21/h4,6,8,16,19,23H,1-3,5,7,9-15,17H2. The highest BCUT2D eigenvalue weighted by molar-refractivity contribution is 5.28. The summed E-state index contributed by atoms with van der Waals surface area (Å²) in [7, 11) is 0. The smallest absolute Gasteiger partial charge is 0.119 e. The average Bonchev–Trinajstić information content (AvgIpc) is 2.81. The molecule has 1 N–H and O–H groups in total. The molecule has 0 radical (unpaired) electrons. The molecule has 2 heterocycles. The highest BCUT2D eigenvalue weighted by Gasteiger charge is 2.15. The molecule has 0 saturated carbocycles. The first-order chi connectivity index (χ1) is 11.8. The Morgan fingerprint density at radius 2 is 1.79 bits per heavy atom. The molecule has 2 aliphatic heterocycles. The van der Waals surface area contributed by atoms with Crippen molar-refractivity contribution in [1.29, 1.82) is 0 Å². The number of likely N-dealkylation sites (tertiary alicyclic amines) is 2. The third-order valence-corrected chi connectivity index (χ3v) is 5.22. The molecule has 1 aromatic carbocycles. The van der Waals surface area contributed by atoms with Crippen molar-refractivity contribution in [1.82, 2.24) is 9.80 Å². The van der Waals surface area contributed by atoms with E-state index in [-0.39, 0.29) is 6.10 Å². The molecule has 3 rings (SSSR count). The lowest BCUT2D eigenvalue weighted by Crippen LogP contribution is -2.33. The zero-order chi connectivity index (χ0) is 16.6. The summed E-state index contributed by atoms with van der Waals surface area (Å²) in [5, 5.41) is 9.77. The van der Waals surface area contributed by atoms with Crippen LogP contribution in [-0.2, 0) is 6.54 Å². The highest BCUT2D eigenvalue weighted by atomic mass is 16.5. The number of benzene rings is 1. The molecule has 24 heavy (non-hydrogen) atoms. The SMILES string of the molecule is OC1CCCN(Cc2cccc(OCCN3CCCCC3)c2)CC1. The van der Waals surface area contributed by atoms with Crippen LogP contribution in [0.15, 0.2) is 24.3 Å². The van der Waals surface area contributed by atoms with Crippen LogP contribution in [0.5, 0.6) is 5.75 Å². The summed E-state index contributed by atoms with van der Waals surface area (Å²) in [4.78, 5) is 4.96. The fourth-order valence-corrected chi connectivity index (χ4v) is 3.76. The van der Waals surface area contributed by atoms with E-state index in [1.165, 1.54) is 37.9 Å². The number of rotatable bonds is 6. The first kappa shape index (κ1) is 17.7. The van der Waals surface area contributed by atoms with Crippen LogP contribution in [0.1, 0.15) is 44.1 Å². The Morgan fingerprint density at radius 3 is 2.67 bits per heavy atom. The monoisotopic (exact) mass is 332 g/mol. The number of hydrogen-bond acceptors (Lipinski definition) is 4. The van der Waals surface area contributed by atoms with Gasteiger partial charge in [0, 0.05) is 19.6 Å². The molecule has 0 bridgehead atoms. The minimum Gasteiger partial charge on any atom is -0.492 e. The molecule has 1 unspecified atom stereocenters. The van der Waals surface area contributed by atoms with Gasteiger partial charge in [0.05, 0.1) is 6.10 Å². The summed E-state index contributed by atoms with van der Waals surface area (Å²) in [6, 6.07) is 8.51. The van der Waals surface area contributed by atoms with E-state index in [1.807, 2.05) is 0 Å². The maximum Gasteiger partial charge on any atom is 0.119 e. The van der Waals surface area contributed by atoms with Crippen LogP contribution < -0.4 is 4.74 Å². The van der Waals surface area contributed by atoms with Crippen LogP contribution in [0.4, 0.5) is 0 Å². The van der Waals surface area contributed by atoms with E-state index in [2.05, 4.69) is 34.1 Å². The van der Waals surface area contributed by atoms with Gasteiger partial charge in [-0.2, -0.15) is 0 Å². The van der Waals surface area contributed by atoms with Crippen molar-refractivity contribution in [3.63, 3.8) is 0 Å². The summed E-state index contributed by atoms with van der Waals surface area (Å²) in [6.07, 6.45) is 6.86. The minimum atomic E-state index is -0.112. The fraction of sp³-hybridized carbons (Fsp3) is 0.700. The van der Waals surface area contributed by atoms with Gasteiger partial charge in [-0.15, -0.1) is 0 Å². The van der Waals surface area contributed by atoms with E-state index in [9.17, 15) is 5.11 Å². The Kier molecular flexibility index (Phi) is 6.94. The molecule has 0 spiro atoms. The van der Waals surface area contributed by atoms with Crippen molar-refractivity contribution in [2.45, 2.75) is 51.2 Å². The molecular formula is C20H32N2O2. The van der Waals surface area contributed by atoms with E-state index in [4.69, 9.17) is 4.74 Å². The lowest BCUT2D eigenvalue weighted by atomic mass is 10.1. The highest BCUT2D eigenvalue weighted by Crippen LogP contribution is 2.18. The normalized spacial score (nSPS) is 23.8. The summed E-state index contributed by atoms with van der Waals surface area (Å²) in [6.45, 7) is 7.29. The molecule has 0 aromatic heterocycles. The van der Waals surface area contributed by atoms with Crippen molar-refractivity contribution in [3.8, 4) is 5.75 Å². The quantitative estimate of drug-likeness (QED) is 0.869. The van der Waals surface area contributed by atoms with Gasteiger partial charge in [-0.05, 0) is 69.4 Å². The Bertz CT molecular complexity index is 488. The molecular weight excluding hydrogens is 300 g/mol. The molecule has 2 aliphatic rings. The molecule has 4 heteroatoms. The van der Waals surface area contributed by atoms with Crippen molar-refractivity contribution in [3.05, 3.63) is 29.8 Å². The summed E-state index contributed by atoms with van der Waals surface area (Å²) >= 11 is 0. The predicted molar refractivity (Wildman–Crippen MR) is 97.4 cm³/mol. The van der Waals surface area contributed by atoms with Gasteiger partial charge in [0.2, 0.25) is 0 Å². The predicted octanol–water partition coefficient (Wildman–Crippen LogP) is 2.90. The fourth-order valence-electron chi connectivity index (χ4n) is 3.76. The first-order valence-electron chi connectivity index (χ1n) is 9.64. The molecule has 4 nitrogen and oxygen atoms in total. The third-order valence-electron chi connectivity index (χ3n) is 5.22. The molecule has 2 saturated heterocycles. The molecule has 1 atom stereocenters. The van der Waals surface area contributed by atoms with E-state index in [0.29, 0.717) is 0 Å². The van der Waals surface area contributed by atoms with Gasteiger partial charge in [-0.25, -0.2) is 0 Å². The first-order valence-corrected chi connectivity index (χ1v) is 9.64. The zero-order valence-corrected chi connectivity index (χ0v) is 14.8. The maximum atomic E-state index is 9.77. The van der Waals surface area contributed by atoms with Gasteiger partial charge in [-0.1, -0.05) is 18.6 Å². The van der Waals surface area contributed by atoms with Gasteiger partial charge < -0.3 is 9.84 Å². The Balaban J connectivity index is 1.44. The Hall–Kier alpha value is -1.10.